The molecule has 3 nitrogen and oxygen atoms in total. The molecule has 1 aromatic heterocycles. The third-order valence-corrected chi connectivity index (χ3v) is 3.03. The van der Waals surface area contributed by atoms with Crippen molar-refractivity contribution in [2.45, 2.75) is 19.8 Å². The molecule has 1 atom stereocenters. The van der Waals surface area contributed by atoms with Crippen LogP contribution in [0.5, 0.6) is 0 Å². The van der Waals surface area contributed by atoms with Crippen molar-refractivity contribution >= 4 is 5.78 Å². The highest BCUT2D eigenvalue weighted by Gasteiger charge is 2.15. The lowest BCUT2D eigenvalue weighted by atomic mass is 9.96. The second-order valence-corrected chi connectivity index (χ2v) is 4.78. The molecule has 0 saturated heterocycles. The predicted octanol–water partition coefficient (Wildman–Crippen LogP) is 2.87. The van der Waals surface area contributed by atoms with Crippen LogP contribution in [0.15, 0.2) is 42.7 Å². The zero-order valence-electron chi connectivity index (χ0n) is 10.8. The standard InChI is InChI=1S/C15H18N2O/c1-12(10-13-6-4-3-5-7-13)11-14(18)15-16-8-9-17(15)2/h3-9,12H,10-11H2,1-2H3/t12-/m1/s1. The van der Waals surface area contributed by atoms with Gasteiger partial charge in [0.05, 0.1) is 0 Å². The number of imidazole rings is 1. The molecule has 0 aliphatic heterocycles. The summed E-state index contributed by atoms with van der Waals surface area (Å²) in [4.78, 5) is 16.1. The van der Waals surface area contributed by atoms with Crippen LogP contribution in [0, 0.1) is 5.92 Å². The lowest BCUT2D eigenvalue weighted by molar-refractivity contribution is 0.0951. The summed E-state index contributed by atoms with van der Waals surface area (Å²) in [6.45, 7) is 2.10. The van der Waals surface area contributed by atoms with Crippen molar-refractivity contribution in [3.8, 4) is 0 Å². The van der Waals surface area contributed by atoms with E-state index in [-0.39, 0.29) is 5.78 Å². The number of carbonyl (C=O) groups is 1. The lowest BCUT2D eigenvalue weighted by Gasteiger charge is -2.10. The molecule has 0 aliphatic carbocycles. The number of ketones is 1. The molecule has 2 rings (SSSR count). The van der Waals surface area contributed by atoms with E-state index in [9.17, 15) is 4.79 Å². The molecule has 0 fully saturated rings. The van der Waals surface area contributed by atoms with Gasteiger partial charge in [-0.2, -0.15) is 0 Å². The molecular formula is C15H18N2O. The third-order valence-electron chi connectivity index (χ3n) is 3.03. The van der Waals surface area contributed by atoms with E-state index in [4.69, 9.17) is 0 Å². The Bertz CT molecular complexity index is 516. The molecule has 1 aromatic carbocycles. The summed E-state index contributed by atoms with van der Waals surface area (Å²) in [5.74, 6) is 0.998. The first-order valence-corrected chi connectivity index (χ1v) is 6.21. The summed E-state index contributed by atoms with van der Waals surface area (Å²) in [7, 11) is 1.85. The van der Waals surface area contributed by atoms with Gasteiger partial charge in [0.2, 0.25) is 0 Å². The second-order valence-electron chi connectivity index (χ2n) is 4.78. The van der Waals surface area contributed by atoms with Crippen LogP contribution in [0.4, 0.5) is 0 Å². The molecule has 0 unspecified atom stereocenters. The van der Waals surface area contributed by atoms with Gasteiger partial charge in [0.15, 0.2) is 11.6 Å². The first-order valence-electron chi connectivity index (χ1n) is 6.21. The Hall–Kier alpha value is -1.90. The van der Waals surface area contributed by atoms with Crippen LogP contribution < -0.4 is 0 Å². The Labute approximate surface area is 107 Å². The van der Waals surface area contributed by atoms with Crippen molar-refractivity contribution < 1.29 is 4.79 Å². The average molecular weight is 242 g/mol. The summed E-state index contributed by atoms with van der Waals surface area (Å²) in [6, 6.07) is 10.3. The molecule has 0 amide bonds. The molecule has 94 valence electrons. The minimum atomic E-state index is 0.117. The number of hydrogen-bond donors (Lipinski definition) is 0. The van der Waals surface area contributed by atoms with Gasteiger partial charge in [-0.3, -0.25) is 4.79 Å². The Morgan fingerprint density at radius 2 is 2.06 bits per heavy atom. The fraction of sp³-hybridized carbons (Fsp3) is 0.333. The van der Waals surface area contributed by atoms with Gasteiger partial charge in [-0.05, 0) is 17.9 Å². The van der Waals surface area contributed by atoms with E-state index in [1.54, 1.807) is 17.0 Å². The van der Waals surface area contributed by atoms with Gasteiger partial charge in [0.1, 0.15) is 0 Å². The summed E-state index contributed by atoms with van der Waals surface area (Å²) >= 11 is 0. The van der Waals surface area contributed by atoms with Gasteiger partial charge < -0.3 is 4.57 Å². The van der Waals surface area contributed by atoms with Crippen molar-refractivity contribution in [3.05, 3.63) is 54.1 Å². The van der Waals surface area contributed by atoms with E-state index in [1.165, 1.54) is 5.56 Å². The highest BCUT2D eigenvalue weighted by atomic mass is 16.1. The minimum Gasteiger partial charge on any atom is -0.332 e. The van der Waals surface area contributed by atoms with E-state index >= 15 is 0 Å². The number of carbonyl (C=O) groups excluding carboxylic acids is 1. The van der Waals surface area contributed by atoms with Crippen molar-refractivity contribution in [1.29, 1.82) is 0 Å². The molecule has 18 heavy (non-hydrogen) atoms. The molecule has 0 radical (unpaired) electrons. The molecule has 0 aliphatic rings. The van der Waals surface area contributed by atoms with E-state index in [1.807, 2.05) is 25.2 Å². The van der Waals surface area contributed by atoms with Crippen LogP contribution in [0.3, 0.4) is 0 Å². The number of Topliss-reactive ketones (excluding diaryl/α,β-unsaturated/α-hetero) is 1. The zero-order valence-corrected chi connectivity index (χ0v) is 10.8. The van der Waals surface area contributed by atoms with Gasteiger partial charge in [0.25, 0.3) is 0 Å². The van der Waals surface area contributed by atoms with E-state index in [2.05, 4.69) is 24.0 Å². The maximum absolute atomic E-state index is 12.0. The Balaban J connectivity index is 1.94. The number of aromatic nitrogens is 2. The maximum atomic E-state index is 12.0. The topological polar surface area (TPSA) is 34.9 Å². The van der Waals surface area contributed by atoms with Crippen LogP contribution in [-0.4, -0.2) is 15.3 Å². The monoisotopic (exact) mass is 242 g/mol. The maximum Gasteiger partial charge on any atom is 0.198 e. The molecule has 2 aromatic rings. The Kier molecular flexibility index (Phi) is 3.92. The van der Waals surface area contributed by atoms with Gasteiger partial charge in [-0.25, -0.2) is 4.98 Å². The van der Waals surface area contributed by atoms with E-state index in [0.29, 0.717) is 18.2 Å². The third kappa shape index (κ3) is 3.06. The fourth-order valence-corrected chi connectivity index (χ4v) is 2.13. The summed E-state index contributed by atoms with van der Waals surface area (Å²) in [5.41, 5.74) is 1.28. The van der Waals surface area contributed by atoms with Crippen LogP contribution >= 0.6 is 0 Å². The molecule has 1 heterocycles. The summed E-state index contributed by atoms with van der Waals surface area (Å²) in [5, 5.41) is 0. The summed E-state index contributed by atoms with van der Waals surface area (Å²) in [6.07, 6.45) is 4.93. The molecular weight excluding hydrogens is 224 g/mol. The lowest BCUT2D eigenvalue weighted by Crippen LogP contribution is -2.12. The Morgan fingerprint density at radius 3 is 2.67 bits per heavy atom. The largest absolute Gasteiger partial charge is 0.332 e. The predicted molar refractivity (Wildman–Crippen MR) is 71.5 cm³/mol. The molecule has 0 saturated carbocycles. The zero-order chi connectivity index (χ0) is 13.0. The smallest absolute Gasteiger partial charge is 0.198 e. The molecule has 3 heteroatoms. The normalized spacial score (nSPS) is 12.3. The van der Waals surface area contributed by atoms with Crippen molar-refractivity contribution in [2.24, 2.45) is 13.0 Å². The molecule has 0 N–H and O–H groups in total. The number of rotatable bonds is 5. The molecule has 0 bridgehead atoms. The van der Waals surface area contributed by atoms with Gasteiger partial charge >= 0.3 is 0 Å². The van der Waals surface area contributed by atoms with E-state index < -0.39 is 0 Å². The fourth-order valence-electron chi connectivity index (χ4n) is 2.13. The van der Waals surface area contributed by atoms with Crippen molar-refractivity contribution in [1.82, 2.24) is 9.55 Å². The number of aryl methyl sites for hydroxylation is 1. The number of hydrogen-bond acceptors (Lipinski definition) is 2. The van der Waals surface area contributed by atoms with Gasteiger partial charge in [-0.15, -0.1) is 0 Å². The average Bonchev–Trinajstić information content (AvgIpc) is 2.76. The van der Waals surface area contributed by atoms with Gasteiger partial charge in [0, 0.05) is 25.9 Å². The molecule has 0 spiro atoms. The SMILES string of the molecule is C[C@@H](CC(=O)c1nccn1C)Cc1ccccc1. The van der Waals surface area contributed by atoms with Crippen LogP contribution in [0.2, 0.25) is 0 Å². The van der Waals surface area contributed by atoms with E-state index in [0.717, 1.165) is 6.42 Å². The second kappa shape index (κ2) is 5.63. The Morgan fingerprint density at radius 1 is 1.33 bits per heavy atom. The first kappa shape index (κ1) is 12.6. The minimum absolute atomic E-state index is 0.117. The number of nitrogens with zero attached hydrogens (tertiary/aromatic N) is 2. The van der Waals surface area contributed by atoms with Crippen LogP contribution in [-0.2, 0) is 13.5 Å². The number of benzene rings is 1. The highest BCUT2D eigenvalue weighted by Crippen LogP contribution is 2.14. The first-order chi connectivity index (χ1) is 8.66. The van der Waals surface area contributed by atoms with Crippen LogP contribution in [0.25, 0.3) is 0 Å². The van der Waals surface area contributed by atoms with Crippen molar-refractivity contribution in [2.75, 3.05) is 0 Å². The quantitative estimate of drug-likeness (QED) is 0.756. The van der Waals surface area contributed by atoms with Crippen LogP contribution in [0.1, 0.15) is 29.5 Å². The summed E-state index contributed by atoms with van der Waals surface area (Å²) < 4.78 is 1.78. The highest BCUT2D eigenvalue weighted by molar-refractivity contribution is 5.92. The van der Waals surface area contributed by atoms with Crippen molar-refractivity contribution in [3.63, 3.8) is 0 Å². The van der Waals surface area contributed by atoms with Gasteiger partial charge in [-0.1, -0.05) is 37.3 Å².